The lowest BCUT2D eigenvalue weighted by Gasteiger charge is -2.47. The summed E-state index contributed by atoms with van der Waals surface area (Å²) in [5.41, 5.74) is 6.13. The molecule has 1 aromatic carbocycles. The number of aromatic nitrogens is 2. The fraction of sp³-hybridized carbons (Fsp3) is 0.450. The number of benzene rings is 1. The second kappa shape index (κ2) is 7.75. The van der Waals surface area contributed by atoms with Crippen LogP contribution < -0.4 is 5.73 Å². The molecule has 3 aliphatic rings. The molecular formula is C20H21N5O6. The Labute approximate surface area is 177 Å². The molecule has 31 heavy (non-hydrogen) atoms. The number of carbonyl (C=O) groups is 3. The lowest BCUT2D eigenvalue weighted by molar-refractivity contribution is -0.146. The SMILES string of the molecule is NC(=O)CN1C(=O)N(Cc2nc(-c3ccccc3)no2)C(=O)C2CC3OCOC3CC21. The Morgan fingerprint density at radius 2 is 1.87 bits per heavy atom. The molecule has 4 atom stereocenters. The number of imide groups is 1. The van der Waals surface area contributed by atoms with Crippen LogP contribution in [0.3, 0.4) is 0 Å². The van der Waals surface area contributed by atoms with Crippen molar-refractivity contribution >= 4 is 17.8 Å². The second-order valence-corrected chi connectivity index (χ2v) is 7.85. The predicted molar refractivity (Wildman–Crippen MR) is 103 cm³/mol. The fourth-order valence-electron chi connectivity index (χ4n) is 4.54. The molecule has 11 nitrogen and oxygen atoms in total. The maximum absolute atomic E-state index is 13.2. The van der Waals surface area contributed by atoms with Crippen molar-refractivity contribution in [1.82, 2.24) is 19.9 Å². The van der Waals surface area contributed by atoms with Crippen molar-refractivity contribution in [2.75, 3.05) is 13.3 Å². The Balaban J connectivity index is 1.40. The molecule has 11 heteroatoms. The summed E-state index contributed by atoms with van der Waals surface area (Å²) in [5, 5.41) is 3.93. The number of amides is 4. The molecule has 162 valence electrons. The van der Waals surface area contributed by atoms with Crippen LogP contribution in [0.2, 0.25) is 0 Å². The normalized spacial score (nSPS) is 27.9. The van der Waals surface area contributed by atoms with Crippen LogP contribution in [0.5, 0.6) is 0 Å². The van der Waals surface area contributed by atoms with E-state index in [0.717, 1.165) is 10.5 Å². The average Bonchev–Trinajstić information content (AvgIpc) is 3.42. The van der Waals surface area contributed by atoms with E-state index in [4.69, 9.17) is 19.7 Å². The smallest absolute Gasteiger partial charge is 0.327 e. The van der Waals surface area contributed by atoms with E-state index in [1.54, 1.807) is 0 Å². The van der Waals surface area contributed by atoms with Crippen LogP contribution in [-0.4, -0.2) is 69.4 Å². The summed E-state index contributed by atoms with van der Waals surface area (Å²) in [6.45, 7) is -0.330. The third-order valence-electron chi connectivity index (χ3n) is 5.98. The number of ether oxygens (including phenoxy) is 2. The maximum Gasteiger partial charge on any atom is 0.327 e. The minimum atomic E-state index is -0.656. The third kappa shape index (κ3) is 3.55. The molecule has 2 saturated heterocycles. The van der Waals surface area contributed by atoms with Gasteiger partial charge in [-0.15, -0.1) is 0 Å². The summed E-state index contributed by atoms with van der Waals surface area (Å²) in [4.78, 5) is 44.8. The fourth-order valence-corrected chi connectivity index (χ4v) is 4.54. The molecule has 2 aliphatic heterocycles. The predicted octanol–water partition coefficient (Wildman–Crippen LogP) is 0.506. The number of rotatable bonds is 5. The number of hydrogen-bond acceptors (Lipinski definition) is 8. The number of nitrogens with two attached hydrogens (primary N) is 1. The molecule has 0 spiro atoms. The van der Waals surface area contributed by atoms with Crippen LogP contribution in [0.15, 0.2) is 34.9 Å². The van der Waals surface area contributed by atoms with Gasteiger partial charge in [-0.3, -0.25) is 14.5 Å². The number of carbonyl (C=O) groups excluding carboxylic acids is 3. The second-order valence-electron chi connectivity index (χ2n) is 7.85. The first-order valence-corrected chi connectivity index (χ1v) is 10.0. The van der Waals surface area contributed by atoms with E-state index >= 15 is 0 Å². The molecule has 4 unspecified atom stereocenters. The summed E-state index contributed by atoms with van der Waals surface area (Å²) in [7, 11) is 0. The van der Waals surface area contributed by atoms with E-state index in [1.165, 1.54) is 4.90 Å². The molecule has 0 radical (unpaired) electrons. The van der Waals surface area contributed by atoms with Gasteiger partial charge in [0.1, 0.15) is 19.9 Å². The van der Waals surface area contributed by atoms with Crippen LogP contribution in [0.25, 0.3) is 11.4 Å². The Bertz CT molecular complexity index is 1010. The van der Waals surface area contributed by atoms with Gasteiger partial charge in [-0.25, -0.2) is 4.79 Å². The first-order chi connectivity index (χ1) is 15.0. The topological polar surface area (TPSA) is 141 Å². The van der Waals surface area contributed by atoms with Gasteiger partial charge in [0, 0.05) is 11.6 Å². The highest BCUT2D eigenvalue weighted by atomic mass is 16.7. The summed E-state index contributed by atoms with van der Waals surface area (Å²) >= 11 is 0. The molecule has 3 fully saturated rings. The zero-order chi connectivity index (χ0) is 21.5. The minimum absolute atomic E-state index is 0.118. The van der Waals surface area contributed by atoms with Gasteiger partial charge in [0.15, 0.2) is 0 Å². The highest BCUT2D eigenvalue weighted by molar-refractivity contribution is 6.00. The van der Waals surface area contributed by atoms with Crippen molar-refractivity contribution in [3.63, 3.8) is 0 Å². The minimum Gasteiger partial charge on any atom is -0.368 e. The van der Waals surface area contributed by atoms with Crippen LogP contribution >= 0.6 is 0 Å². The van der Waals surface area contributed by atoms with Crippen LogP contribution in [-0.2, 0) is 25.6 Å². The zero-order valence-electron chi connectivity index (χ0n) is 16.5. The first kappa shape index (κ1) is 19.6. The monoisotopic (exact) mass is 427 g/mol. The van der Waals surface area contributed by atoms with Crippen molar-refractivity contribution < 1.29 is 28.4 Å². The highest BCUT2D eigenvalue weighted by Crippen LogP contribution is 2.39. The Morgan fingerprint density at radius 3 is 2.61 bits per heavy atom. The van der Waals surface area contributed by atoms with Crippen molar-refractivity contribution in [3.05, 3.63) is 36.2 Å². The lowest BCUT2D eigenvalue weighted by atomic mass is 9.78. The van der Waals surface area contributed by atoms with Crippen molar-refractivity contribution in [2.24, 2.45) is 11.7 Å². The number of hydrogen-bond donors (Lipinski definition) is 1. The molecule has 1 saturated carbocycles. The molecule has 5 rings (SSSR count). The number of nitrogens with zero attached hydrogens (tertiary/aromatic N) is 4. The van der Waals surface area contributed by atoms with Gasteiger partial charge in [-0.05, 0) is 12.8 Å². The molecular weight excluding hydrogens is 406 g/mol. The van der Waals surface area contributed by atoms with E-state index in [2.05, 4.69) is 10.1 Å². The lowest BCUT2D eigenvalue weighted by Crippen LogP contribution is -2.65. The highest BCUT2D eigenvalue weighted by Gasteiger charge is 2.53. The van der Waals surface area contributed by atoms with E-state index in [-0.39, 0.29) is 43.9 Å². The summed E-state index contributed by atoms with van der Waals surface area (Å²) < 4.78 is 16.4. The van der Waals surface area contributed by atoms with E-state index in [1.807, 2.05) is 30.3 Å². The van der Waals surface area contributed by atoms with Gasteiger partial charge in [0.2, 0.25) is 23.5 Å². The maximum atomic E-state index is 13.2. The Kier molecular flexibility index (Phi) is 4.91. The molecule has 4 amide bonds. The summed E-state index contributed by atoms with van der Waals surface area (Å²) in [6, 6.07) is 8.12. The molecule has 1 aromatic heterocycles. The molecule has 0 bridgehead atoms. The average molecular weight is 427 g/mol. The zero-order valence-corrected chi connectivity index (χ0v) is 16.5. The van der Waals surface area contributed by atoms with Gasteiger partial charge < -0.3 is 24.6 Å². The number of primary amides is 1. The standard InChI is InChI=1S/C20H21N5O6/c21-16(26)8-24-13-7-15-14(29-10-30-15)6-12(13)19(27)25(20(24)28)9-17-22-18(23-31-17)11-4-2-1-3-5-11/h1-5,12-15H,6-10H2,(H2,21,26). The van der Waals surface area contributed by atoms with Crippen molar-refractivity contribution in [2.45, 2.75) is 37.6 Å². The largest absolute Gasteiger partial charge is 0.368 e. The van der Waals surface area contributed by atoms with Gasteiger partial charge in [-0.2, -0.15) is 4.98 Å². The van der Waals surface area contributed by atoms with Gasteiger partial charge in [0.25, 0.3) is 0 Å². The van der Waals surface area contributed by atoms with Crippen LogP contribution in [0.1, 0.15) is 18.7 Å². The Morgan fingerprint density at radius 1 is 1.13 bits per heavy atom. The van der Waals surface area contributed by atoms with E-state index in [0.29, 0.717) is 18.7 Å². The first-order valence-electron chi connectivity index (χ1n) is 10.0. The summed E-state index contributed by atoms with van der Waals surface area (Å²) in [5.74, 6) is -1.07. The third-order valence-corrected chi connectivity index (χ3v) is 5.98. The molecule has 2 N–H and O–H groups in total. The van der Waals surface area contributed by atoms with Gasteiger partial charge in [-0.1, -0.05) is 35.5 Å². The molecule has 2 aromatic rings. The van der Waals surface area contributed by atoms with E-state index < -0.39 is 23.9 Å². The van der Waals surface area contributed by atoms with Gasteiger partial charge in [0.05, 0.1) is 18.1 Å². The number of fused-ring (bicyclic) bond motifs is 2. The molecule has 1 aliphatic carbocycles. The van der Waals surface area contributed by atoms with Crippen molar-refractivity contribution in [1.29, 1.82) is 0 Å². The van der Waals surface area contributed by atoms with E-state index in [9.17, 15) is 14.4 Å². The molecule has 3 heterocycles. The van der Waals surface area contributed by atoms with Gasteiger partial charge >= 0.3 is 6.03 Å². The van der Waals surface area contributed by atoms with Crippen molar-refractivity contribution in [3.8, 4) is 11.4 Å². The van der Waals surface area contributed by atoms with Crippen LogP contribution in [0.4, 0.5) is 4.79 Å². The summed E-state index contributed by atoms with van der Waals surface area (Å²) in [6.07, 6.45) is 0.371. The number of urea groups is 1. The quantitative estimate of drug-likeness (QED) is 0.727. The Hall–Kier alpha value is -3.31. The van der Waals surface area contributed by atoms with Crippen LogP contribution in [0, 0.1) is 5.92 Å².